The van der Waals surface area contributed by atoms with Gasteiger partial charge in [0.1, 0.15) is 0 Å². The predicted octanol–water partition coefficient (Wildman–Crippen LogP) is 3.61. The first-order valence-electron chi connectivity index (χ1n) is 7.92. The SMILES string of the molecule is Cc1ccc(S(=O)(=O)N2C=C[C@H]3C[C@@H]2Cc2ccccc23)cc1. The summed E-state index contributed by atoms with van der Waals surface area (Å²) >= 11 is 0. The molecule has 118 valence electrons. The van der Waals surface area contributed by atoms with Crippen molar-refractivity contribution >= 4 is 10.0 Å². The van der Waals surface area contributed by atoms with Gasteiger partial charge in [-0.15, -0.1) is 0 Å². The van der Waals surface area contributed by atoms with Crippen molar-refractivity contribution in [3.05, 3.63) is 77.5 Å². The number of hydrogen-bond donors (Lipinski definition) is 0. The van der Waals surface area contributed by atoms with E-state index in [9.17, 15) is 8.42 Å². The molecule has 0 saturated heterocycles. The molecule has 2 bridgehead atoms. The van der Waals surface area contributed by atoms with E-state index in [1.54, 1.807) is 22.6 Å². The Balaban J connectivity index is 1.72. The summed E-state index contributed by atoms with van der Waals surface area (Å²) in [6.45, 7) is 1.96. The van der Waals surface area contributed by atoms with Gasteiger partial charge < -0.3 is 0 Å². The highest BCUT2D eigenvalue weighted by molar-refractivity contribution is 7.89. The standard InChI is InChI=1S/C19H19NO2S/c1-14-6-8-18(9-7-14)23(21,22)20-11-10-16-13-17(20)12-15-4-2-3-5-19(15)16/h2-11,16-17H,12-13H2,1H3/t16-,17-/m0/s1. The fraction of sp³-hybridized carbons (Fsp3) is 0.263. The van der Waals surface area contributed by atoms with Crippen LogP contribution in [0.1, 0.15) is 29.0 Å². The highest BCUT2D eigenvalue weighted by Crippen LogP contribution is 2.39. The Morgan fingerprint density at radius 3 is 2.57 bits per heavy atom. The van der Waals surface area contributed by atoms with Gasteiger partial charge in [0.15, 0.2) is 0 Å². The molecule has 23 heavy (non-hydrogen) atoms. The maximum atomic E-state index is 13.0. The van der Waals surface area contributed by atoms with E-state index in [1.807, 2.05) is 31.2 Å². The van der Waals surface area contributed by atoms with Crippen molar-refractivity contribution < 1.29 is 8.42 Å². The molecule has 0 fully saturated rings. The summed E-state index contributed by atoms with van der Waals surface area (Å²) in [4.78, 5) is 0.366. The molecule has 1 heterocycles. The summed E-state index contributed by atoms with van der Waals surface area (Å²) < 4.78 is 27.5. The fourth-order valence-corrected chi connectivity index (χ4v) is 5.14. The minimum absolute atomic E-state index is 0.00574. The van der Waals surface area contributed by atoms with Gasteiger partial charge in [0.2, 0.25) is 0 Å². The van der Waals surface area contributed by atoms with Gasteiger partial charge in [0.05, 0.1) is 4.90 Å². The predicted molar refractivity (Wildman–Crippen MR) is 90.6 cm³/mol. The molecule has 0 unspecified atom stereocenters. The lowest BCUT2D eigenvalue weighted by Crippen LogP contribution is -2.43. The summed E-state index contributed by atoms with van der Waals surface area (Å²) in [7, 11) is -3.49. The topological polar surface area (TPSA) is 37.4 Å². The molecule has 2 aromatic rings. The van der Waals surface area contributed by atoms with Gasteiger partial charge in [-0.2, -0.15) is 0 Å². The maximum absolute atomic E-state index is 13.0. The number of hydrogen-bond acceptors (Lipinski definition) is 2. The lowest BCUT2D eigenvalue weighted by molar-refractivity contribution is 0.330. The molecule has 3 nitrogen and oxygen atoms in total. The van der Waals surface area contributed by atoms with Crippen molar-refractivity contribution in [2.45, 2.75) is 36.6 Å². The zero-order chi connectivity index (χ0) is 16.0. The molecule has 4 heteroatoms. The van der Waals surface area contributed by atoms with Crippen LogP contribution in [0.4, 0.5) is 0 Å². The molecular weight excluding hydrogens is 306 g/mol. The Morgan fingerprint density at radius 1 is 1.04 bits per heavy atom. The van der Waals surface area contributed by atoms with Crippen LogP contribution in [0.25, 0.3) is 0 Å². The molecule has 0 amide bonds. The summed E-state index contributed by atoms with van der Waals surface area (Å²) in [5, 5.41) is 0. The van der Waals surface area contributed by atoms with Gasteiger partial charge in [-0.3, -0.25) is 4.31 Å². The molecule has 2 aromatic carbocycles. The summed E-state index contributed by atoms with van der Waals surface area (Å²) in [5.41, 5.74) is 3.67. The second-order valence-corrected chi connectivity index (χ2v) is 8.23. The molecule has 0 radical (unpaired) electrons. The van der Waals surface area contributed by atoms with Crippen LogP contribution in [0.3, 0.4) is 0 Å². The minimum Gasteiger partial charge on any atom is -0.270 e. The Kier molecular flexibility index (Phi) is 3.31. The first-order valence-corrected chi connectivity index (χ1v) is 9.36. The van der Waals surface area contributed by atoms with Gasteiger partial charge in [0, 0.05) is 18.2 Å². The molecule has 0 N–H and O–H groups in total. The average molecular weight is 325 g/mol. The van der Waals surface area contributed by atoms with Gasteiger partial charge in [-0.05, 0) is 43.0 Å². The molecule has 4 rings (SSSR count). The van der Waals surface area contributed by atoms with Crippen molar-refractivity contribution in [2.75, 3.05) is 0 Å². The average Bonchev–Trinajstić information content (AvgIpc) is 2.55. The third kappa shape index (κ3) is 2.38. The molecule has 0 saturated carbocycles. The highest BCUT2D eigenvalue weighted by atomic mass is 32.2. The van der Waals surface area contributed by atoms with E-state index < -0.39 is 10.0 Å². The van der Waals surface area contributed by atoms with E-state index in [4.69, 9.17) is 0 Å². The summed E-state index contributed by atoms with van der Waals surface area (Å²) in [5.74, 6) is 0.328. The second kappa shape index (κ2) is 5.24. The Labute approximate surface area is 137 Å². The molecule has 0 aromatic heterocycles. The smallest absolute Gasteiger partial charge is 0.264 e. The van der Waals surface area contributed by atoms with Crippen LogP contribution in [0.2, 0.25) is 0 Å². The van der Waals surface area contributed by atoms with E-state index in [0.29, 0.717) is 10.8 Å². The van der Waals surface area contributed by atoms with Gasteiger partial charge >= 0.3 is 0 Å². The molecule has 1 aliphatic heterocycles. The lowest BCUT2D eigenvalue weighted by atomic mass is 9.79. The van der Waals surface area contributed by atoms with E-state index in [2.05, 4.69) is 18.2 Å². The zero-order valence-electron chi connectivity index (χ0n) is 13.0. The quantitative estimate of drug-likeness (QED) is 0.846. The number of nitrogens with zero attached hydrogens (tertiary/aromatic N) is 1. The van der Waals surface area contributed by atoms with Crippen molar-refractivity contribution in [3.8, 4) is 0 Å². The third-order valence-corrected chi connectivity index (χ3v) is 6.70. The van der Waals surface area contributed by atoms with Crippen LogP contribution in [-0.2, 0) is 16.4 Å². The summed E-state index contributed by atoms with van der Waals surface area (Å²) in [6.07, 6.45) is 5.44. The number of allylic oxidation sites excluding steroid dienone is 1. The molecular formula is C19H19NO2S. The number of rotatable bonds is 2. The first kappa shape index (κ1) is 14.5. The second-order valence-electron chi connectivity index (χ2n) is 6.39. The maximum Gasteiger partial charge on any atom is 0.264 e. The van der Waals surface area contributed by atoms with Crippen LogP contribution in [0.5, 0.6) is 0 Å². The molecule has 2 aliphatic rings. The monoisotopic (exact) mass is 325 g/mol. The van der Waals surface area contributed by atoms with Crippen LogP contribution in [0, 0.1) is 6.92 Å². The highest BCUT2D eigenvalue weighted by Gasteiger charge is 2.37. The van der Waals surface area contributed by atoms with E-state index in [0.717, 1.165) is 18.4 Å². The number of sulfonamides is 1. The van der Waals surface area contributed by atoms with Crippen LogP contribution in [-0.4, -0.2) is 18.8 Å². The van der Waals surface area contributed by atoms with Crippen LogP contribution >= 0.6 is 0 Å². The zero-order valence-corrected chi connectivity index (χ0v) is 13.8. The van der Waals surface area contributed by atoms with Gasteiger partial charge in [-0.1, -0.05) is 48.0 Å². The van der Waals surface area contributed by atoms with Crippen molar-refractivity contribution in [1.29, 1.82) is 0 Å². The van der Waals surface area contributed by atoms with Crippen LogP contribution in [0.15, 0.2) is 65.7 Å². The van der Waals surface area contributed by atoms with Gasteiger partial charge in [0.25, 0.3) is 10.0 Å². The normalized spacial score (nSPS) is 22.7. The summed E-state index contributed by atoms with van der Waals surface area (Å²) in [6, 6.07) is 15.5. The largest absolute Gasteiger partial charge is 0.270 e. The van der Waals surface area contributed by atoms with Gasteiger partial charge in [-0.25, -0.2) is 8.42 Å². The number of benzene rings is 2. The Bertz CT molecular complexity index is 868. The van der Waals surface area contributed by atoms with Crippen molar-refractivity contribution in [3.63, 3.8) is 0 Å². The van der Waals surface area contributed by atoms with E-state index in [1.165, 1.54) is 11.1 Å². The van der Waals surface area contributed by atoms with E-state index >= 15 is 0 Å². The Morgan fingerprint density at radius 2 is 1.78 bits per heavy atom. The Hall–Kier alpha value is -2.07. The third-order valence-electron chi connectivity index (χ3n) is 4.86. The van der Waals surface area contributed by atoms with E-state index in [-0.39, 0.29) is 6.04 Å². The minimum atomic E-state index is -3.49. The molecule has 2 atom stereocenters. The molecule has 1 aliphatic carbocycles. The lowest BCUT2D eigenvalue weighted by Gasteiger charge is -2.40. The van der Waals surface area contributed by atoms with Crippen LogP contribution < -0.4 is 0 Å². The number of aryl methyl sites for hydroxylation is 1. The molecule has 0 spiro atoms. The van der Waals surface area contributed by atoms with Crippen molar-refractivity contribution in [2.24, 2.45) is 0 Å². The fourth-order valence-electron chi connectivity index (χ4n) is 3.63. The number of fused-ring (bicyclic) bond motifs is 4. The first-order chi connectivity index (χ1) is 11.1. The van der Waals surface area contributed by atoms with Crippen molar-refractivity contribution in [1.82, 2.24) is 4.31 Å².